The van der Waals surface area contributed by atoms with E-state index in [4.69, 9.17) is 9.47 Å². The molecule has 112 valence electrons. The molecule has 1 atom stereocenters. The summed E-state index contributed by atoms with van der Waals surface area (Å²) in [4.78, 5) is 0. The van der Waals surface area contributed by atoms with E-state index < -0.39 is 0 Å². The standard InChI is InChI=1S/C17H27NO2/c1-3-19-16-11-7-8-12-17(16)20-13-15(18-2)14-9-5-4-6-10-14/h7-8,11-12,14-15,18H,3-6,9-10,13H2,1-2H3. The Balaban J connectivity index is 1.92. The molecule has 0 amide bonds. The van der Waals surface area contributed by atoms with Gasteiger partial charge in [0.05, 0.1) is 6.61 Å². The Morgan fingerprint density at radius 3 is 2.35 bits per heavy atom. The molecular formula is C17H27NO2. The topological polar surface area (TPSA) is 30.5 Å². The highest BCUT2D eigenvalue weighted by Crippen LogP contribution is 2.29. The summed E-state index contributed by atoms with van der Waals surface area (Å²) in [5, 5.41) is 3.43. The van der Waals surface area contributed by atoms with Gasteiger partial charge >= 0.3 is 0 Å². The summed E-state index contributed by atoms with van der Waals surface area (Å²) in [6, 6.07) is 8.36. The van der Waals surface area contributed by atoms with E-state index in [1.165, 1.54) is 32.1 Å². The van der Waals surface area contributed by atoms with Gasteiger partial charge in [-0.15, -0.1) is 0 Å². The van der Waals surface area contributed by atoms with Gasteiger partial charge in [0.25, 0.3) is 0 Å². The second-order valence-corrected chi connectivity index (χ2v) is 5.48. The maximum atomic E-state index is 6.01. The van der Waals surface area contributed by atoms with Crippen LogP contribution in [0.2, 0.25) is 0 Å². The second kappa shape index (κ2) is 8.15. The first-order valence-electron chi connectivity index (χ1n) is 7.87. The van der Waals surface area contributed by atoms with E-state index in [-0.39, 0.29) is 0 Å². The molecule has 1 N–H and O–H groups in total. The van der Waals surface area contributed by atoms with Crippen LogP contribution < -0.4 is 14.8 Å². The zero-order chi connectivity index (χ0) is 14.2. The third-order valence-corrected chi connectivity index (χ3v) is 4.16. The van der Waals surface area contributed by atoms with Crippen LogP contribution in [-0.2, 0) is 0 Å². The normalized spacial score (nSPS) is 17.7. The number of ether oxygens (including phenoxy) is 2. The molecule has 1 saturated carbocycles. The van der Waals surface area contributed by atoms with Crippen molar-refractivity contribution < 1.29 is 9.47 Å². The molecule has 20 heavy (non-hydrogen) atoms. The summed E-state index contributed by atoms with van der Waals surface area (Å²) in [6.07, 6.45) is 6.75. The fraction of sp³-hybridized carbons (Fsp3) is 0.647. The Morgan fingerprint density at radius 2 is 1.75 bits per heavy atom. The number of hydrogen-bond acceptors (Lipinski definition) is 3. The van der Waals surface area contributed by atoms with Crippen LogP contribution in [0.4, 0.5) is 0 Å². The first-order chi connectivity index (χ1) is 9.85. The van der Waals surface area contributed by atoms with E-state index in [1.54, 1.807) is 0 Å². The lowest BCUT2D eigenvalue weighted by Gasteiger charge is -2.30. The van der Waals surface area contributed by atoms with Crippen molar-refractivity contribution in [2.45, 2.75) is 45.1 Å². The average molecular weight is 277 g/mol. The minimum absolute atomic E-state index is 0.435. The minimum Gasteiger partial charge on any atom is -0.490 e. The number of para-hydroxylation sites is 2. The van der Waals surface area contributed by atoms with Crippen LogP contribution in [-0.4, -0.2) is 26.3 Å². The molecule has 0 radical (unpaired) electrons. The van der Waals surface area contributed by atoms with Gasteiger partial charge in [0.15, 0.2) is 11.5 Å². The molecule has 3 nitrogen and oxygen atoms in total. The first kappa shape index (κ1) is 15.2. The molecular weight excluding hydrogens is 250 g/mol. The van der Waals surface area contributed by atoms with E-state index in [2.05, 4.69) is 5.32 Å². The van der Waals surface area contributed by atoms with Crippen molar-refractivity contribution in [1.29, 1.82) is 0 Å². The van der Waals surface area contributed by atoms with Gasteiger partial charge in [0.1, 0.15) is 6.61 Å². The quantitative estimate of drug-likeness (QED) is 0.825. The predicted molar refractivity (Wildman–Crippen MR) is 82.5 cm³/mol. The average Bonchev–Trinajstić information content (AvgIpc) is 2.51. The maximum Gasteiger partial charge on any atom is 0.161 e. The molecule has 0 aromatic heterocycles. The highest BCUT2D eigenvalue weighted by atomic mass is 16.5. The van der Waals surface area contributed by atoms with Crippen molar-refractivity contribution in [3.8, 4) is 11.5 Å². The Bertz CT molecular complexity index is 388. The summed E-state index contributed by atoms with van der Waals surface area (Å²) in [5.74, 6) is 2.44. The molecule has 0 saturated heterocycles. The molecule has 1 aromatic carbocycles. The van der Waals surface area contributed by atoms with Gasteiger partial charge in [0.2, 0.25) is 0 Å². The minimum atomic E-state index is 0.435. The lowest BCUT2D eigenvalue weighted by atomic mass is 9.84. The van der Waals surface area contributed by atoms with Crippen LogP contribution in [0.3, 0.4) is 0 Å². The Morgan fingerprint density at radius 1 is 1.10 bits per heavy atom. The monoisotopic (exact) mass is 277 g/mol. The fourth-order valence-corrected chi connectivity index (χ4v) is 3.02. The molecule has 2 rings (SSSR count). The van der Waals surface area contributed by atoms with Crippen LogP contribution in [0.1, 0.15) is 39.0 Å². The van der Waals surface area contributed by atoms with Gasteiger partial charge in [-0.3, -0.25) is 0 Å². The lowest BCUT2D eigenvalue weighted by Crippen LogP contribution is -2.39. The smallest absolute Gasteiger partial charge is 0.161 e. The Labute approximate surface area is 122 Å². The van der Waals surface area contributed by atoms with Gasteiger partial charge in [0, 0.05) is 6.04 Å². The molecule has 1 aliphatic carbocycles. The third kappa shape index (κ3) is 4.14. The summed E-state index contributed by atoms with van der Waals surface area (Å²) in [5.41, 5.74) is 0. The predicted octanol–water partition coefficient (Wildman–Crippen LogP) is 3.63. The van der Waals surface area contributed by atoms with Crippen molar-refractivity contribution in [1.82, 2.24) is 5.32 Å². The highest BCUT2D eigenvalue weighted by molar-refractivity contribution is 5.39. The molecule has 0 heterocycles. The molecule has 0 spiro atoms. The van der Waals surface area contributed by atoms with Gasteiger partial charge < -0.3 is 14.8 Å². The van der Waals surface area contributed by atoms with Crippen molar-refractivity contribution in [2.24, 2.45) is 5.92 Å². The zero-order valence-corrected chi connectivity index (χ0v) is 12.7. The van der Waals surface area contributed by atoms with E-state index in [1.807, 2.05) is 38.2 Å². The van der Waals surface area contributed by atoms with Gasteiger partial charge in [-0.05, 0) is 44.9 Å². The Hall–Kier alpha value is -1.22. The van der Waals surface area contributed by atoms with Crippen LogP contribution in [0.15, 0.2) is 24.3 Å². The van der Waals surface area contributed by atoms with Crippen LogP contribution in [0, 0.1) is 5.92 Å². The number of rotatable bonds is 7. The molecule has 1 aliphatic rings. The molecule has 0 bridgehead atoms. The third-order valence-electron chi connectivity index (χ3n) is 4.16. The van der Waals surface area contributed by atoms with E-state index in [0.717, 1.165) is 17.4 Å². The fourth-order valence-electron chi connectivity index (χ4n) is 3.02. The van der Waals surface area contributed by atoms with Gasteiger partial charge in [-0.25, -0.2) is 0 Å². The number of hydrogen-bond donors (Lipinski definition) is 1. The summed E-state index contributed by atoms with van der Waals surface area (Å²) in [6.45, 7) is 3.37. The maximum absolute atomic E-state index is 6.01. The van der Waals surface area contributed by atoms with Crippen LogP contribution in [0.5, 0.6) is 11.5 Å². The first-order valence-corrected chi connectivity index (χ1v) is 7.87. The number of nitrogens with one attached hydrogen (secondary N) is 1. The lowest BCUT2D eigenvalue weighted by molar-refractivity contribution is 0.186. The van der Waals surface area contributed by atoms with Crippen LogP contribution >= 0.6 is 0 Å². The van der Waals surface area contributed by atoms with Gasteiger partial charge in [-0.1, -0.05) is 31.4 Å². The molecule has 1 unspecified atom stereocenters. The summed E-state index contributed by atoms with van der Waals surface area (Å²) in [7, 11) is 2.04. The summed E-state index contributed by atoms with van der Waals surface area (Å²) < 4.78 is 11.6. The SMILES string of the molecule is CCOc1ccccc1OCC(NC)C1CCCCC1. The zero-order valence-electron chi connectivity index (χ0n) is 12.7. The second-order valence-electron chi connectivity index (χ2n) is 5.48. The van der Waals surface area contributed by atoms with Crippen molar-refractivity contribution in [3.63, 3.8) is 0 Å². The highest BCUT2D eigenvalue weighted by Gasteiger charge is 2.23. The van der Waals surface area contributed by atoms with Gasteiger partial charge in [-0.2, -0.15) is 0 Å². The molecule has 3 heteroatoms. The van der Waals surface area contributed by atoms with Crippen molar-refractivity contribution >= 4 is 0 Å². The Kier molecular flexibility index (Phi) is 6.19. The van der Waals surface area contributed by atoms with E-state index >= 15 is 0 Å². The molecule has 0 aliphatic heterocycles. The van der Waals surface area contributed by atoms with E-state index in [9.17, 15) is 0 Å². The summed E-state index contributed by atoms with van der Waals surface area (Å²) >= 11 is 0. The van der Waals surface area contributed by atoms with Crippen molar-refractivity contribution in [3.05, 3.63) is 24.3 Å². The van der Waals surface area contributed by atoms with E-state index in [0.29, 0.717) is 19.3 Å². The largest absolute Gasteiger partial charge is 0.490 e. The number of likely N-dealkylation sites (N-methyl/N-ethyl adjacent to an activating group) is 1. The molecule has 1 fully saturated rings. The van der Waals surface area contributed by atoms with Crippen LogP contribution in [0.25, 0.3) is 0 Å². The molecule has 1 aromatic rings. The number of benzene rings is 1. The van der Waals surface area contributed by atoms with Crippen molar-refractivity contribution in [2.75, 3.05) is 20.3 Å².